The SMILES string of the molecule is COc1cncc(C(NN)C23CC4CC(CC(C4)C2)C3)c1. The zero-order valence-corrected chi connectivity index (χ0v) is 12.7. The summed E-state index contributed by atoms with van der Waals surface area (Å²) in [6, 6.07) is 2.30. The van der Waals surface area contributed by atoms with E-state index in [2.05, 4.69) is 16.5 Å². The average Bonchev–Trinajstić information content (AvgIpc) is 2.46. The van der Waals surface area contributed by atoms with Crippen LogP contribution in [0, 0.1) is 23.2 Å². The van der Waals surface area contributed by atoms with E-state index >= 15 is 0 Å². The second-order valence-electron chi connectivity index (χ2n) is 7.54. The summed E-state index contributed by atoms with van der Waals surface area (Å²) in [5.41, 5.74) is 4.64. The molecule has 21 heavy (non-hydrogen) atoms. The van der Waals surface area contributed by atoms with Crippen molar-refractivity contribution >= 4 is 0 Å². The maximum absolute atomic E-state index is 6.00. The van der Waals surface area contributed by atoms with E-state index in [9.17, 15) is 0 Å². The van der Waals surface area contributed by atoms with Crippen molar-refractivity contribution in [2.45, 2.75) is 44.6 Å². The molecule has 0 spiro atoms. The van der Waals surface area contributed by atoms with Crippen molar-refractivity contribution < 1.29 is 4.74 Å². The van der Waals surface area contributed by atoms with Gasteiger partial charge < -0.3 is 4.74 Å². The quantitative estimate of drug-likeness (QED) is 0.660. The maximum Gasteiger partial charge on any atom is 0.137 e. The molecule has 4 bridgehead atoms. The van der Waals surface area contributed by atoms with E-state index in [1.807, 2.05) is 6.20 Å². The van der Waals surface area contributed by atoms with Gasteiger partial charge in [0.25, 0.3) is 0 Å². The molecular formula is C17H25N3O. The number of nitrogens with two attached hydrogens (primary N) is 1. The molecule has 4 nitrogen and oxygen atoms in total. The zero-order chi connectivity index (χ0) is 14.4. The van der Waals surface area contributed by atoms with Crippen molar-refractivity contribution in [3.63, 3.8) is 0 Å². The predicted molar refractivity (Wildman–Crippen MR) is 81.5 cm³/mol. The summed E-state index contributed by atoms with van der Waals surface area (Å²) >= 11 is 0. The molecule has 0 radical (unpaired) electrons. The first kappa shape index (κ1) is 13.5. The van der Waals surface area contributed by atoms with Gasteiger partial charge in [-0.15, -0.1) is 0 Å². The highest BCUT2D eigenvalue weighted by Gasteiger charge is 2.54. The molecule has 3 N–H and O–H groups in total. The number of methoxy groups -OCH3 is 1. The van der Waals surface area contributed by atoms with Crippen LogP contribution in [-0.4, -0.2) is 12.1 Å². The van der Waals surface area contributed by atoms with Crippen LogP contribution in [0.5, 0.6) is 5.75 Å². The lowest BCUT2D eigenvalue weighted by molar-refractivity contribution is -0.0750. The summed E-state index contributed by atoms with van der Waals surface area (Å²) in [6.45, 7) is 0. The van der Waals surface area contributed by atoms with E-state index in [1.54, 1.807) is 13.3 Å². The lowest BCUT2D eigenvalue weighted by Crippen LogP contribution is -2.53. The number of ether oxygens (including phenoxy) is 1. The van der Waals surface area contributed by atoms with E-state index in [0.717, 1.165) is 23.5 Å². The van der Waals surface area contributed by atoms with Gasteiger partial charge in [0.2, 0.25) is 0 Å². The van der Waals surface area contributed by atoms with Crippen LogP contribution >= 0.6 is 0 Å². The molecule has 5 rings (SSSR count). The molecule has 1 unspecified atom stereocenters. The van der Waals surface area contributed by atoms with Crippen LogP contribution in [0.1, 0.15) is 50.1 Å². The van der Waals surface area contributed by atoms with Gasteiger partial charge in [-0.1, -0.05) is 0 Å². The third-order valence-electron chi connectivity index (χ3n) is 6.17. The number of hydrazine groups is 1. The Morgan fingerprint density at radius 2 is 1.81 bits per heavy atom. The van der Waals surface area contributed by atoms with Crippen molar-refractivity contribution in [1.82, 2.24) is 10.4 Å². The fourth-order valence-corrected chi connectivity index (χ4v) is 5.86. The number of nitrogens with one attached hydrogen (secondary N) is 1. The van der Waals surface area contributed by atoms with Crippen LogP contribution in [0.2, 0.25) is 0 Å². The normalized spacial score (nSPS) is 38.5. The minimum Gasteiger partial charge on any atom is -0.495 e. The van der Waals surface area contributed by atoms with Crippen LogP contribution in [-0.2, 0) is 0 Å². The largest absolute Gasteiger partial charge is 0.495 e. The molecule has 1 aromatic heterocycles. The number of hydrogen-bond donors (Lipinski definition) is 2. The topological polar surface area (TPSA) is 60.2 Å². The molecule has 0 aliphatic heterocycles. The molecule has 4 saturated carbocycles. The van der Waals surface area contributed by atoms with Crippen LogP contribution < -0.4 is 16.0 Å². The molecule has 0 aromatic carbocycles. The Bertz CT molecular complexity index is 495. The number of aromatic nitrogens is 1. The van der Waals surface area contributed by atoms with Crippen LogP contribution in [0.4, 0.5) is 0 Å². The Kier molecular flexibility index (Phi) is 3.19. The highest BCUT2D eigenvalue weighted by atomic mass is 16.5. The fraction of sp³-hybridized carbons (Fsp3) is 0.706. The van der Waals surface area contributed by atoms with Gasteiger partial charge in [0, 0.05) is 6.20 Å². The van der Waals surface area contributed by atoms with Crippen molar-refractivity contribution in [2.75, 3.05) is 7.11 Å². The molecule has 4 aliphatic carbocycles. The monoisotopic (exact) mass is 287 g/mol. The molecule has 4 fully saturated rings. The molecule has 114 valence electrons. The summed E-state index contributed by atoms with van der Waals surface area (Å²) in [6.07, 6.45) is 12.0. The number of hydrogen-bond acceptors (Lipinski definition) is 4. The Morgan fingerprint density at radius 1 is 1.19 bits per heavy atom. The summed E-state index contributed by atoms with van der Waals surface area (Å²) in [4.78, 5) is 4.33. The third kappa shape index (κ3) is 2.16. The van der Waals surface area contributed by atoms with Crippen LogP contribution in [0.15, 0.2) is 18.5 Å². The standard InChI is InChI=1S/C17H25N3O/c1-21-15-5-14(9-19-10-15)16(20-18)17-6-11-2-12(7-17)4-13(3-11)8-17/h5,9-13,16,20H,2-4,6-8,18H2,1H3. The minimum atomic E-state index is 0.202. The highest BCUT2D eigenvalue weighted by Crippen LogP contribution is 2.63. The summed E-state index contributed by atoms with van der Waals surface area (Å²) in [7, 11) is 1.69. The molecule has 0 amide bonds. The molecule has 1 heterocycles. The van der Waals surface area contributed by atoms with Crippen molar-refractivity contribution in [1.29, 1.82) is 0 Å². The predicted octanol–water partition coefficient (Wildman–Crippen LogP) is 2.81. The highest BCUT2D eigenvalue weighted by molar-refractivity contribution is 5.28. The summed E-state index contributed by atoms with van der Waals surface area (Å²) in [5.74, 6) is 9.58. The van der Waals surface area contributed by atoms with E-state index in [1.165, 1.54) is 44.1 Å². The molecule has 4 aliphatic rings. The fourth-order valence-electron chi connectivity index (χ4n) is 5.86. The van der Waals surface area contributed by atoms with Crippen molar-refractivity contribution in [3.8, 4) is 5.75 Å². The Labute approximate surface area is 126 Å². The third-order valence-corrected chi connectivity index (χ3v) is 6.17. The van der Waals surface area contributed by atoms with Gasteiger partial charge >= 0.3 is 0 Å². The Hall–Kier alpha value is -1.13. The second kappa shape index (κ2) is 4.96. The molecule has 1 atom stereocenters. The van der Waals surface area contributed by atoms with Gasteiger partial charge in [0.15, 0.2) is 0 Å². The van der Waals surface area contributed by atoms with E-state index in [4.69, 9.17) is 10.6 Å². The van der Waals surface area contributed by atoms with Crippen molar-refractivity contribution in [2.24, 2.45) is 29.0 Å². The lowest BCUT2D eigenvalue weighted by Gasteiger charge is -2.59. The second-order valence-corrected chi connectivity index (χ2v) is 7.54. The Balaban J connectivity index is 1.69. The smallest absolute Gasteiger partial charge is 0.137 e. The number of rotatable bonds is 4. The van der Waals surface area contributed by atoms with Crippen LogP contribution in [0.25, 0.3) is 0 Å². The summed E-state index contributed by atoms with van der Waals surface area (Å²) < 4.78 is 5.34. The molecule has 4 heteroatoms. The molecule has 1 aromatic rings. The average molecular weight is 287 g/mol. The van der Waals surface area contributed by atoms with E-state index in [-0.39, 0.29) is 6.04 Å². The minimum absolute atomic E-state index is 0.202. The number of nitrogens with zero attached hydrogens (tertiary/aromatic N) is 1. The zero-order valence-electron chi connectivity index (χ0n) is 12.7. The van der Waals surface area contributed by atoms with Gasteiger partial charge in [0.05, 0.1) is 19.3 Å². The first-order chi connectivity index (χ1) is 10.2. The van der Waals surface area contributed by atoms with Gasteiger partial charge in [-0.2, -0.15) is 0 Å². The number of pyridine rings is 1. The summed E-state index contributed by atoms with van der Waals surface area (Å²) in [5, 5.41) is 0. The first-order valence-electron chi connectivity index (χ1n) is 8.17. The van der Waals surface area contributed by atoms with Gasteiger partial charge in [-0.3, -0.25) is 16.3 Å². The first-order valence-corrected chi connectivity index (χ1v) is 8.17. The van der Waals surface area contributed by atoms with E-state index in [0.29, 0.717) is 5.41 Å². The van der Waals surface area contributed by atoms with E-state index < -0.39 is 0 Å². The van der Waals surface area contributed by atoms with Crippen LogP contribution in [0.3, 0.4) is 0 Å². The van der Waals surface area contributed by atoms with Crippen molar-refractivity contribution in [3.05, 3.63) is 24.0 Å². The molecular weight excluding hydrogens is 262 g/mol. The molecule has 0 saturated heterocycles. The van der Waals surface area contributed by atoms with Gasteiger partial charge in [-0.05, 0) is 73.3 Å². The maximum atomic E-state index is 6.00. The van der Waals surface area contributed by atoms with Gasteiger partial charge in [-0.25, -0.2) is 0 Å². The van der Waals surface area contributed by atoms with Gasteiger partial charge in [0.1, 0.15) is 5.75 Å². The Morgan fingerprint density at radius 3 is 2.33 bits per heavy atom. The lowest BCUT2D eigenvalue weighted by atomic mass is 9.47.